The van der Waals surface area contributed by atoms with Crippen LogP contribution in [0, 0.1) is 6.92 Å². The summed E-state index contributed by atoms with van der Waals surface area (Å²) >= 11 is 1.64. The van der Waals surface area contributed by atoms with Crippen LogP contribution in [0.25, 0.3) is 10.1 Å². The molecule has 0 aliphatic carbocycles. The smallest absolute Gasteiger partial charge is 0.225 e. The molecule has 0 saturated carbocycles. The van der Waals surface area contributed by atoms with Gasteiger partial charge in [-0.3, -0.25) is 4.79 Å². The summed E-state index contributed by atoms with van der Waals surface area (Å²) in [6.07, 6.45) is 2.69. The summed E-state index contributed by atoms with van der Waals surface area (Å²) in [6, 6.07) is 7.72. The third-order valence-electron chi connectivity index (χ3n) is 3.03. The molecule has 0 radical (unpaired) electrons. The van der Waals surface area contributed by atoms with E-state index >= 15 is 0 Å². The molecule has 3 heterocycles. The van der Waals surface area contributed by atoms with E-state index in [4.69, 9.17) is 4.42 Å². The number of aryl methyl sites for hydroxylation is 2. The van der Waals surface area contributed by atoms with E-state index in [1.54, 1.807) is 17.5 Å². The average molecular weight is 286 g/mol. The summed E-state index contributed by atoms with van der Waals surface area (Å²) in [5, 5.41) is 5.84. The van der Waals surface area contributed by atoms with Gasteiger partial charge in [-0.05, 0) is 36.6 Å². The first-order valence-electron chi connectivity index (χ1n) is 6.40. The predicted molar refractivity (Wildman–Crippen MR) is 80.0 cm³/mol. The Morgan fingerprint density at radius 1 is 1.35 bits per heavy atom. The monoisotopic (exact) mass is 286 g/mol. The number of thiophene rings is 1. The first-order valence-corrected chi connectivity index (χ1v) is 7.28. The lowest BCUT2D eigenvalue weighted by Crippen LogP contribution is -2.13. The molecule has 0 aliphatic rings. The summed E-state index contributed by atoms with van der Waals surface area (Å²) in [5.74, 6) is 2.28. The second-order valence-electron chi connectivity index (χ2n) is 4.55. The highest BCUT2D eigenvalue weighted by atomic mass is 32.1. The summed E-state index contributed by atoms with van der Waals surface area (Å²) < 4.78 is 6.57. The molecular weight excluding hydrogens is 272 g/mol. The Morgan fingerprint density at radius 3 is 3.05 bits per heavy atom. The van der Waals surface area contributed by atoms with Crippen molar-refractivity contribution in [1.29, 1.82) is 0 Å². The van der Waals surface area contributed by atoms with Gasteiger partial charge in [-0.25, -0.2) is 4.98 Å². The molecule has 5 heteroatoms. The minimum atomic E-state index is -0.0507. The fourth-order valence-electron chi connectivity index (χ4n) is 2.05. The van der Waals surface area contributed by atoms with Gasteiger partial charge in [0.25, 0.3) is 0 Å². The van der Waals surface area contributed by atoms with Crippen molar-refractivity contribution in [2.24, 2.45) is 0 Å². The van der Waals surface area contributed by atoms with Gasteiger partial charge in [-0.1, -0.05) is 0 Å². The zero-order valence-electron chi connectivity index (χ0n) is 11.1. The van der Waals surface area contributed by atoms with Gasteiger partial charge in [0.2, 0.25) is 5.91 Å². The number of nitrogens with zero attached hydrogens (tertiary/aromatic N) is 1. The molecular formula is C15H14N2O2S. The summed E-state index contributed by atoms with van der Waals surface area (Å²) in [5.41, 5.74) is 0. The molecule has 0 aromatic carbocycles. The van der Waals surface area contributed by atoms with Gasteiger partial charge in [-0.15, -0.1) is 11.3 Å². The van der Waals surface area contributed by atoms with Crippen LogP contribution in [0.3, 0.4) is 0 Å². The Morgan fingerprint density at radius 2 is 2.25 bits per heavy atom. The molecule has 3 rings (SSSR count). The summed E-state index contributed by atoms with van der Waals surface area (Å²) in [6.45, 7) is 1.89. The second kappa shape index (κ2) is 5.46. The number of pyridine rings is 1. The number of aromatic nitrogens is 1. The number of carbonyl (C=O) groups is 1. The van der Waals surface area contributed by atoms with Crippen molar-refractivity contribution in [2.45, 2.75) is 19.8 Å². The first-order chi connectivity index (χ1) is 9.72. The highest BCUT2D eigenvalue weighted by Crippen LogP contribution is 2.25. The van der Waals surface area contributed by atoms with Gasteiger partial charge in [-0.2, -0.15) is 0 Å². The van der Waals surface area contributed by atoms with Gasteiger partial charge < -0.3 is 9.73 Å². The SMILES string of the molecule is Cc1ccc(CCC(=O)Nc2nccc3sccc23)o1. The van der Waals surface area contributed by atoms with Gasteiger partial charge in [0, 0.05) is 29.1 Å². The average Bonchev–Trinajstić information content (AvgIpc) is 3.05. The van der Waals surface area contributed by atoms with E-state index in [-0.39, 0.29) is 5.91 Å². The van der Waals surface area contributed by atoms with Crippen LogP contribution in [0.5, 0.6) is 0 Å². The Kier molecular flexibility index (Phi) is 3.52. The molecule has 102 valence electrons. The lowest BCUT2D eigenvalue weighted by Gasteiger charge is -2.04. The van der Waals surface area contributed by atoms with E-state index in [0.29, 0.717) is 18.7 Å². The largest absolute Gasteiger partial charge is 0.466 e. The van der Waals surface area contributed by atoms with Crippen LogP contribution in [0.15, 0.2) is 40.3 Å². The van der Waals surface area contributed by atoms with E-state index in [2.05, 4.69) is 10.3 Å². The lowest BCUT2D eigenvalue weighted by atomic mass is 10.2. The summed E-state index contributed by atoms with van der Waals surface area (Å²) in [4.78, 5) is 16.2. The van der Waals surface area contributed by atoms with Crippen molar-refractivity contribution < 1.29 is 9.21 Å². The molecule has 0 saturated heterocycles. The molecule has 3 aromatic heterocycles. The Bertz CT molecular complexity index is 745. The van der Waals surface area contributed by atoms with E-state index in [1.165, 1.54) is 0 Å². The van der Waals surface area contributed by atoms with Crippen molar-refractivity contribution in [3.8, 4) is 0 Å². The number of carbonyl (C=O) groups excluding carboxylic acids is 1. The maximum atomic E-state index is 12.0. The molecule has 0 atom stereocenters. The van der Waals surface area contributed by atoms with Crippen molar-refractivity contribution in [3.63, 3.8) is 0 Å². The van der Waals surface area contributed by atoms with Crippen LogP contribution < -0.4 is 5.32 Å². The van der Waals surface area contributed by atoms with E-state index in [9.17, 15) is 4.79 Å². The molecule has 0 spiro atoms. The van der Waals surface area contributed by atoms with Gasteiger partial charge >= 0.3 is 0 Å². The standard InChI is InChI=1S/C15H14N2O2S/c1-10-2-3-11(19-10)4-5-14(18)17-15-12-7-9-20-13(12)6-8-16-15/h2-3,6-9H,4-5H2,1H3,(H,16,17,18). The van der Waals surface area contributed by atoms with Crippen LogP contribution in [0.1, 0.15) is 17.9 Å². The molecule has 0 unspecified atom stereocenters. The number of hydrogen-bond donors (Lipinski definition) is 1. The molecule has 1 N–H and O–H groups in total. The van der Waals surface area contributed by atoms with Crippen LogP contribution in [-0.2, 0) is 11.2 Å². The van der Waals surface area contributed by atoms with Crippen LogP contribution >= 0.6 is 11.3 Å². The fourth-order valence-corrected chi connectivity index (χ4v) is 2.83. The molecule has 0 fully saturated rings. The number of fused-ring (bicyclic) bond motifs is 1. The number of rotatable bonds is 4. The third-order valence-corrected chi connectivity index (χ3v) is 3.91. The lowest BCUT2D eigenvalue weighted by molar-refractivity contribution is -0.116. The third kappa shape index (κ3) is 2.72. The Balaban J connectivity index is 1.65. The maximum absolute atomic E-state index is 12.0. The van der Waals surface area contributed by atoms with Crippen LogP contribution in [-0.4, -0.2) is 10.9 Å². The number of hydrogen-bond acceptors (Lipinski definition) is 4. The van der Waals surface area contributed by atoms with Crippen molar-refractivity contribution in [1.82, 2.24) is 4.98 Å². The number of anilines is 1. The highest BCUT2D eigenvalue weighted by molar-refractivity contribution is 7.17. The second-order valence-corrected chi connectivity index (χ2v) is 5.50. The normalized spacial score (nSPS) is 10.8. The van der Waals surface area contributed by atoms with Gasteiger partial charge in [0.1, 0.15) is 17.3 Å². The highest BCUT2D eigenvalue weighted by Gasteiger charge is 2.09. The Hall–Kier alpha value is -2.14. The zero-order chi connectivity index (χ0) is 13.9. The fraction of sp³-hybridized carbons (Fsp3) is 0.200. The van der Waals surface area contributed by atoms with Gasteiger partial charge in [0.15, 0.2) is 0 Å². The van der Waals surface area contributed by atoms with Crippen molar-refractivity contribution >= 4 is 33.1 Å². The van der Waals surface area contributed by atoms with Crippen LogP contribution in [0.2, 0.25) is 0 Å². The molecule has 0 bridgehead atoms. The minimum absolute atomic E-state index is 0.0507. The number of furan rings is 1. The topological polar surface area (TPSA) is 55.1 Å². The quantitative estimate of drug-likeness (QED) is 0.794. The molecule has 0 aliphatic heterocycles. The van der Waals surface area contributed by atoms with E-state index < -0.39 is 0 Å². The van der Waals surface area contributed by atoms with Crippen LogP contribution in [0.4, 0.5) is 5.82 Å². The first kappa shape index (κ1) is 12.9. The molecule has 4 nitrogen and oxygen atoms in total. The Labute approximate surface area is 120 Å². The number of amides is 1. The molecule has 3 aromatic rings. The van der Waals surface area contributed by atoms with E-state index in [1.807, 2.05) is 36.6 Å². The molecule has 20 heavy (non-hydrogen) atoms. The zero-order valence-corrected chi connectivity index (χ0v) is 11.9. The van der Waals surface area contributed by atoms with Gasteiger partial charge in [0.05, 0.1) is 0 Å². The van der Waals surface area contributed by atoms with Crippen molar-refractivity contribution in [2.75, 3.05) is 5.32 Å². The van der Waals surface area contributed by atoms with E-state index in [0.717, 1.165) is 21.6 Å². The predicted octanol–water partition coefficient (Wildman–Crippen LogP) is 3.77. The molecule has 1 amide bonds. The minimum Gasteiger partial charge on any atom is -0.466 e. The van der Waals surface area contributed by atoms with Crippen molar-refractivity contribution in [3.05, 3.63) is 47.4 Å². The number of nitrogens with one attached hydrogen (secondary N) is 1. The maximum Gasteiger partial charge on any atom is 0.225 e. The summed E-state index contributed by atoms with van der Waals surface area (Å²) in [7, 11) is 0.